The summed E-state index contributed by atoms with van der Waals surface area (Å²) in [6.07, 6.45) is 4.97. The van der Waals surface area contributed by atoms with E-state index in [1.807, 2.05) is 6.20 Å². The molecule has 2 rings (SSSR count). The molecule has 2 amide bonds. The van der Waals surface area contributed by atoms with Crippen molar-refractivity contribution in [3.63, 3.8) is 0 Å². The molecule has 7 heteroatoms. The Bertz CT molecular complexity index is 503. The summed E-state index contributed by atoms with van der Waals surface area (Å²) < 4.78 is 0. The standard InChI is InChI=1S/C14H21N3O3S/c1-2-11-8-16-12(21-11)5-6-15-14(20)17-7-3-4-10(9-17)13(18)19/h8,10H,2-7,9H2,1H3,(H,15,20)(H,18,19). The highest BCUT2D eigenvalue weighted by Crippen LogP contribution is 2.17. The quantitative estimate of drug-likeness (QED) is 0.868. The molecule has 0 aromatic carbocycles. The largest absolute Gasteiger partial charge is 0.481 e. The lowest BCUT2D eigenvalue weighted by Gasteiger charge is -2.30. The number of carboxylic acids is 1. The van der Waals surface area contributed by atoms with E-state index in [0.29, 0.717) is 32.5 Å². The van der Waals surface area contributed by atoms with Crippen LogP contribution in [-0.2, 0) is 17.6 Å². The summed E-state index contributed by atoms with van der Waals surface area (Å²) in [5, 5.41) is 12.9. The Morgan fingerprint density at radius 2 is 2.38 bits per heavy atom. The first-order valence-corrected chi connectivity index (χ1v) is 8.11. The molecular weight excluding hydrogens is 290 g/mol. The Labute approximate surface area is 128 Å². The van der Waals surface area contributed by atoms with Crippen molar-refractivity contribution in [1.82, 2.24) is 15.2 Å². The fourth-order valence-corrected chi connectivity index (χ4v) is 3.24. The van der Waals surface area contributed by atoms with Crippen LogP contribution >= 0.6 is 11.3 Å². The van der Waals surface area contributed by atoms with Gasteiger partial charge in [0.2, 0.25) is 0 Å². The molecule has 1 aliphatic heterocycles. The molecule has 1 atom stereocenters. The molecule has 1 saturated heterocycles. The average molecular weight is 311 g/mol. The maximum Gasteiger partial charge on any atom is 0.317 e. The Hall–Kier alpha value is -1.63. The topological polar surface area (TPSA) is 82.5 Å². The summed E-state index contributed by atoms with van der Waals surface area (Å²) in [6.45, 7) is 3.56. The van der Waals surface area contributed by atoms with Crippen LogP contribution in [0.2, 0.25) is 0 Å². The molecule has 0 radical (unpaired) electrons. The first-order chi connectivity index (χ1) is 10.1. The number of aromatic nitrogens is 1. The van der Waals surface area contributed by atoms with Crippen molar-refractivity contribution in [3.05, 3.63) is 16.1 Å². The number of amides is 2. The molecule has 21 heavy (non-hydrogen) atoms. The number of aliphatic carboxylic acids is 1. The molecule has 2 heterocycles. The fraction of sp³-hybridized carbons (Fsp3) is 0.643. The average Bonchev–Trinajstić information content (AvgIpc) is 2.95. The lowest BCUT2D eigenvalue weighted by molar-refractivity contribution is -0.143. The number of nitrogens with zero attached hydrogens (tertiary/aromatic N) is 2. The van der Waals surface area contributed by atoms with Crippen molar-refractivity contribution in [2.45, 2.75) is 32.6 Å². The molecule has 1 fully saturated rings. The second-order valence-electron chi connectivity index (χ2n) is 5.18. The molecule has 0 spiro atoms. The van der Waals surface area contributed by atoms with E-state index in [4.69, 9.17) is 5.11 Å². The van der Waals surface area contributed by atoms with Gasteiger partial charge in [-0.15, -0.1) is 11.3 Å². The number of piperidine rings is 1. The smallest absolute Gasteiger partial charge is 0.317 e. The van der Waals surface area contributed by atoms with Crippen molar-refractivity contribution in [2.75, 3.05) is 19.6 Å². The Kier molecular flexibility index (Phi) is 5.55. The molecule has 0 bridgehead atoms. The van der Waals surface area contributed by atoms with Crippen LogP contribution in [0.15, 0.2) is 6.20 Å². The van der Waals surface area contributed by atoms with Crippen molar-refractivity contribution in [1.29, 1.82) is 0 Å². The highest BCUT2D eigenvalue weighted by atomic mass is 32.1. The van der Waals surface area contributed by atoms with Gasteiger partial charge in [-0.2, -0.15) is 0 Å². The van der Waals surface area contributed by atoms with Gasteiger partial charge in [-0.05, 0) is 19.3 Å². The van der Waals surface area contributed by atoms with Crippen LogP contribution < -0.4 is 5.32 Å². The highest BCUT2D eigenvalue weighted by molar-refractivity contribution is 7.11. The van der Waals surface area contributed by atoms with Gasteiger partial charge in [0.1, 0.15) is 0 Å². The number of carboxylic acid groups (broad SMARTS) is 1. The molecule has 6 nitrogen and oxygen atoms in total. The van der Waals surface area contributed by atoms with Gasteiger partial charge >= 0.3 is 12.0 Å². The number of hydrogen-bond donors (Lipinski definition) is 2. The summed E-state index contributed by atoms with van der Waals surface area (Å²) in [4.78, 5) is 30.2. The summed E-state index contributed by atoms with van der Waals surface area (Å²) in [7, 11) is 0. The second kappa shape index (κ2) is 7.40. The summed E-state index contributed by atoms with van der Waals surface area (Å²) in [6, 6.07) is -0.173. The maximum atomic E-state index is 12.0. The minimum atomic E-state index is -0.817. The minimum absolute atomic E-state index is 0.173. The van der Waals surface area contributed by atoms with Crippen molar-refractivity contribution < 1.29 is 14.7 Å². The number of nitrogens with one attached hydrogen (secondary N) is 1. The second-order valence-corrected chi connectivity index (χ2v) is 6.38. The number of aryl methyl sites for hydroxylation is 1. The number of carbonyl (C=O) groups is 2. The van der Waals surface area contributed by atoms with Crippen LogP contribution in [-0.4, -0.2) is 46.6 Å². The third-order valence-corrected chi connectivity index (χ3v) is 4.82. The zero-order valence-electron chi connectivity index (χ0n) is 12.2. The van der Waals surface area contributed by atoms with Gasteiger partial charge in [-0.1, -0.05) is 6.92 Å². The van der Waals surface area contributed by atoms with Crippen LogP contribution in [0.25, 0.3) is 0 Å². The molecular formula is C14H21N3O3S. The van der Waals surface area contributed by atoms with Crippen LogP contribution in [0.5, 0.6) is 0 Å². The Balaban J connectivity index is 1.75. The highest BCUT2D eigenvalue weighted by Gasteiger charge is 2.27. The summed E-state index contributed by atoms with van der Waals surface area (Å²) >= 11 is 1.67. The lowest BCUT2D eigenvalue weighted by atomic mass is 9.99. The molecule has 1 unspecified atom stereocenters. The molecule has 0 aliphatic carbocycles. The predicted octanol–water partition coefficient (Wildman–Crippen LogP) is 1.75. The van der Waals surface area contributed by atoms with Crippen LogP contribution in [0.1, 0.15) is 29.7 Å². The summed E-state index contributed by atoms with van der Waals surface area (Å²) in [5.74, 6) is -1.25. The van der Waals surface area contributed by atoms with E-state index in [-0.39, 0.29) is 6.03 Å². The molecule has 2 N–H and O–H groups in total. The fourth-order valence-electron chi connectivity index (χ4n) is 2.38. The van der Waals surface area contributed by atoms with E-state index in [0.717, 1.165) is 17.8 Å². The minimum Gasteiger partial charge on any atom is -0.481 e. The first-order valence-electron chi connectivity index (χ1n) is 7.29. The van der Waals surface area contributed by atoms with E-state index in [1.165, 1.54) is 4.88 Å². The molecule has 1 aromatic heterocycles. The zero-order chi connectivity index (χ0) is 15.2. The number of rotatable bonds is 5. The van der Waals surface area contributed by atoms with Crippen molar-refractivity contribution in [3.8, 4) is 0 Å². The normalized spacial score (nSPS) is 18.5. The first kappa shape index (κ1) is 15.8. The van der Waals surface area contributed by atoms with Gasteiger partial charge in [0, 0.05) is 37.1 Å². The number of likely N-dealkylation sites (tertiary alicyclic amines) is 1. The lowest BCUT2D eigenvalue weighted by Crippen LogP contribution is -2.47. The number of thiazole rings is 1. The van der Waals surface area contributed by atoms with E-state index in [9.17, 15) is 9.59 Å². The Morgan fingerprint density at radius 3 is 3.05 bits per heavy atom. The predicted molar refractivity (Wildman–Crippen MR) is 80.5 cm³/mol. The molecule has 116 valence electrons. The number of carbonyl (C=O) groups excluding carboxylic acids is 1. The monoisotopic (exact) mass is 311 g/mol. The van der Waals surface area contributed by atoms with Crippen molar-refractivity contribution in [2.24, 2.45) is 5.92 Å². The Morgan fingerprint density at radius 1 is 1.57 bits per heavy atom. The van der Waals surface area contributed by atoms with E-state index in [2.05, 4.69) is 17.2 Å². The van der Waals surface area contributed by atoms with E-state index < -0.39 is 11.9 Å². The van der Waals surface area contributed by atoms with Crippen LogP contribution in [0.4, 0.5) is 4.79 Å². The van der Waals surface area contributed by atoms with Gasteiger partial charge < -0.3 is 15.3 Å². The SMILES string of the molecule is CCc1cnc(CCNC(=O)N2CCCC(C(=O)O)C2)s1. The zero-order valence-corrected chi connectivity index (χ0v) is 13.0. The number of urea groups is 1. The van der Waals surface area contributed by atoms with Crippen LogP contribution in [0.3, 0.4) is 0 Å². The van der Waals surface area contributed by atoms with E-state index in [1.54, 1.807) is 16.2 Å². The van der Waals surface area contributed by atoms with Gasteiger partial charge in [0.25, 0.3) is 0 Å². The van der Waals surface area contributed by atoms with Gasteiger partial charge in [-0.3, -0.25) is 4.79 Å². The number of hydrogen-bond acceptors (Lipinski definition) is 4. The van der Waals surface area contributed by atoms with E-state index >= 15 is 0 Å². The third-order valence-electron chi connectivity index (χ3n) is 3.62. The van der Waals surface area contributed by atoms with Gasteiger partial charge in [0.15, 0.2) is 0 Å². The third kappa shape index (κ3) is 4.42. The van der Waals surface area contributed by atoms with Gasteiger partial charge in [0.05, 0.1) is 10.9 Å². The maximum absolute atomic E-state index is 12.0. The molecule has 1 aliphatic rings. The molecule has 0 saturated carbocycles. The van der Waals surface area contributed by atoms with Gasteiger partial charge in [-0.25, -0.2) is 9.78 Å². The molecule has 1 aromatic rings. The van der Waals surface area contributed by atoms with Crippen LogP contribution in [0, 0.1) is 5.92 Å². The van der Waals surface area contributed by atoms with Crippen molar-refractivity contribution >= 4 is 23.3 Å². The summed E-state index contributed by atoms with van der Waals surface area (Å²) in [5.41, 5.74) is 0.